The van der Waals surface area contributed by atoms with Crippen molar-refractivity contribution < 1.29 is 17.9 Å². The lowest BCUT2D eigenvalue weighted by Crippen LogP contribution is -2.38. The van der Waals surface area contributed by atoms with Gasteiger partial charge in [0.25, 0.3) is 0 Å². The first-order valence-corrected chi connectivity index (χ1v) is 13.1. The zero-order valence-corrected chi connectivity index (χ0v) is 21.6. The summed E-state index contributed by atoms with van der Waals surface area (Å²) in [6, 6.07) is 6.16. The zero-order valence-electron chi connectivity index (χ0n) is 20.8. The summed E-state index contributed by atoms with van der Waals surface area (Å²) < 4.78 is 32.2. The molecule has 10 nitrogen and oxygen atoms in total. The maximum Gasteiger partial charge on any atom is 0.329 e. The molecule has 0 unspecified atom stereocenters. The number of nitrogens with one attached hydrogen (secondary N) is 3. The van der Waals surface area contributed by atoms with Crippen LogP contribution in [0.1, 0.15) is 60.8 Å². The molecular formula is C23H36N6O4S. The Balaban J connectivity index is 2.07. The second kappa shape index (κ2) is 12.0. The van der Waals surface area contributed by atoms with Gasteiger partial charge in [-0.25, -0.2) is 23.2 Å². The average molecular weight is 493 g/mol. The van der Waals surface area contributed by atoms with Crippen molar-refractivity contribution >= 4 is 39.3 Å². The molecule has 0 aliphatic carbocycles. The van der Waals surface area contributed by atoms with Crippen molar-refractivity contribution in [2.45, 2.75) is 72.4 Å². The Hall–Kier alpha value is -2.95. The summed E-state index contributed by atoms with van der Waals surface area (Å²) in [5.74, 6) is 0.497. The fraction of sp³-hybridized carbons (Fsp3) is 0.565. The maximum absolute atomic E-state index is 12.6. The third-order valence-corrected chi connectivity index (χ3v) is 5.83. The minimum absolute atomic E-state index is 0.0885. The van der Waals surface area contributed by atoms with Crippen molar-refractivity contribution in [2.75, 3.05) is 21.1 Å². The Morgan fingerprint density at radius 3 is 2.26 bits per heavy atom. The molecule has 1 heterocycles. The first kappa shape index (κ1) is 27.3. The molecule has 1 aromatic heterocycles. The minimum Gasteiger partial charge on any atom is -0.458 e. The van der Waals surface area contributed by atoms with E-state index in [1.54, 1.807) is 24.3 Å². The third-order valence-electron chi connectivity index (χ3n) is 4.45. The molecule has 0 amide bonds. The second-order valence-corrected chi connectivity index (χ2v) is 11.3. The molecule has 2 aromatic rings. The smallest absolute Gasteiger partial charge is 0.329 e. The summed E-state index contributed by atoms with van der Waals surface area (Å²) >= 11 is 0. The lowest BCUT2D eigenvalue weighted by Gasteiger charge is -2.25. The number of carbonyl (C=O) groups excluding carboxylic acids is 1. The SMILES string of the molecule is CCCCS(=O)(=O)Nc1ccc(Nc2ncnc(N[C@@H](CC(C)C)C(=O)OC(C)(C)C)n2)cc1. The Kier molecular flexibility index (Phi) is 9.60. The van der Waals surface area contributed by atoms with Crippen LogP contribution in [0.5, 0.6) is 0 Å². The highest BCUT2D eigenvalue weighted by atomic mass is 32.2. The highest BCUT2D eigenvalue weighted by Crippen LogP contribution is 2.19. The van der Waals surface area contributed by atoms with E-state index in [1.807, 2.05) is 41.5 Å². The molecule has 0 bridgehead atoms. The number of hydrogen-bond donors (Lipinski definition) is 3. The lowest BCUT2D eigenvalue weighted by molar-refractivity contribution is -0.156. The van der Waals surface area contributed by atoms with Gasteiger partial charge in [0.05, 0.1) is 5.75 Å². The molecule has 0 saturated carbocycles. The maximum atomic E-state index is 12.6. The van der Waals surface area contributed by atoms with Crippen molar-refractivity contribution in [3.8, 4) is 0 Å². The lowest BCUT2D eigenvalue weighted by atomic mass is 10.0. The first-order valence-electron chi connectivity index (χ1n) is 11.4. The highest BCUT2D eigenvalue weighted by molar-refractivity contribution is 7.92. The van der Waals surface area contributed by atoms with Crippen LogP contribution in [0.25, 0.3) is 0 Å². The Morgan fingerprint density at radius 1 is 1.06 bits per heavy atom. The van der Waals surface area contributed by atoms with Gasteiger partial charge in [0.1, 0.15) is 18.0 Å². The van der Waals surface area contributed by atoms with Crippen LogP contribution >= 0.6 is 0 Å². The molecule has 0 aliphatic rings. The van der Waals surface area contributed by atoms with E-state index in [9.17, 15) is 13.2 Å². The first-order chi connectivity index (χ1) is 15.9. The number of benzene rings is 1. The van der Waals surface area contributed by atoms with Gasteiger partial charge in [0.15, 0.2) is 0 Å². The zero-order chi connectivity index (χ0) is 25.4. The van der Waals surface area contributed by atoms with E-state index >= 15 is 0 Å². The summed E-state index contributed by atoms with van der Waals surface area (Å²) in [5.41, 5.74) is 0.545. The van der Waals surface area contributed by atoms with Crippen molar-refractivity contribution in [1.82, 2.24) is 15.0 Å². The van der Waals surface area contributed by atoms with E-state index in [0.717, 1.165) is 6.42 Å². The van der Waals surface area contributed by atoms with Gasteiger partial charge in [0, 0.05) is 11.4 Å². The Morgan fingerprint density at radius 2 is 1.68 bits per heavy atom. The molecule has 34 heavy (non-hydrogen) atoms. The molecule has 1 aromatic carbocycles. The number of sulfonamides is 1. The van der Waals surface area contributed by atoms with E-state index in [4.69, 9.17) is 4.74 Å². The summed E-state index contributed by atoms with van der Waals surface area (Å²) in [4.78, 5) is 25.2. The standard InChI is InChI=1S/C23H36N6O4S/c1-7-8-13-34(31,32)29-18-11-9-17(10-12-18)26-21-24-15-25-22(28-21)27-19(14-16(2)3)20(30)33-23(4,5)6/h9-12,15-16,19,29H,7-8,13-14H2,1-6H3,(H2,24,25,26,27,28)/t19-/m0/s1. The van der Waals surface area contributed by atoms with Gasteiger partial charge in [-0.2, -0.15) is 4.98 Å². The number of esters is 1. The molecule has 11 heteroatoms. The predicted molar refractivity (Wildman–Crippen MR) is 135 cm³/mol. The Bertz CT molecular complexity index is 1040. The number of hydrogen-bond acceptors (Lipinski definition) is 9. The average Bonchev–Trinajstić information content (AvgIpc) is 2.72. The van der Waals surface area contributed by atoms with Crippen LogP contribution in [0, 0.1) is 5.92 Å². The quantitative estimate of drug-likeness (QED) is 0.370. The molecule has 0 radical (unpaired) electrons. The third kappa shape index (κ3) is 9.90. The van der Waals surface area contributed by atoms with Crippen molar-refractivity contribution in [3.63, 3.8) is 0 Å². The summed E-state index contributed by atoms with van der Waals surface area (Å²) in [6.45, 7) is 11.5. The van der Waals surface area contributed by atoms with Crippen LogP contribution in [0.2, 0.25) is 0 Å². The number of carbonyl (C=O) groups is 1. The summed E-state index contributed by atoms with van der Waals surface area (Å²) in [6.07, 6.45) is 3.31. The van der Waals surface area contributed by atoms with Gasteiger partial charge in [-0.05, 0) is 63.8 Å². The molecule has 2 rings (SSSR count). The van der Waals surface area contributed by atoms with Crippen LogP contribution in [0.15, 0.2) is 30.6 Å². The monoisotopic (exact) mass is 492 g/mol. The van der Waals surface area contributed by atoms with Gasteiger partial charge in [-0.15, -0.1) is 0 Å². The second-order valence-electron chi connectivity index (χ2n) is 9.47. The predicted octanol–water partition coefficient (Wildman–Crippen LogP) is 4.33. The molecule has 0 saturated heterocycles. The van der Waals surface area contributed by atoms with E-state index in [2.05, 4.69) is 30.3 Å². The molecule has 1 atom stereocenters. The van der Waals surface area contributed by atoms with E-state index in [1.165, 1.54) is 6.33 Å². The fourth-order valence-corrected chi connectivity index (χ4v) is 4.22. The van der Waals surface area contributed by atoms with Crippen molar-refractivity contribution in [1.29, 1.82) is 0 Å². The molecule has 3 N–H and O–H groups in total. The van der Waals surface area contributed by atoms with Gasteiger partial charge in [-0.3, -0.25) is 4.72 Å². The van der Waals surface area contributed by atoms with Gasteiger partial charge in [0.2, 0.25) is 21.9 Å². The minimum atomic E-state index is -3.36. The van der Waals surface area contributed by atoms with E-state index in [-0.39, 0.29) is 29.5 Å². The molecular weight excluding hydrogens is 456 g/mol. The largest absolute Gasteiger partial charge is 0.458 e. The number of ether oxygens (including phenoxy) is 1. The number of anilines is 4. The summed E-state index contributed by atoms with van der Waals surface area (Å²) in [5, 5.41) is 6.11. The van der Waals surface area contributed by atoms with Gasteiger partial charge in [-0.1, -0.05) is 27.2 Å². The van der Waals surface area contributed by atoms with Crippen LogP contribution in [-0.2, 0) is 19.6 Å². The van der Waals surface area contributed by atoms with E-state index < -0.39 is 21.7 Å². The van der Waals surface area contributed by atoms with Crippen LogP contribution in [0.4, 0.5) is 23.3 Å². The van der Waals surface area contributed by atoms with E-state index in [0.29, 0.717) is 24.2 Å². The number of rotatable bonds is 12. The normalized spacial score (nSPS) is 12.8. The van der Waals surface area contributed by atoms with Crippen molar-refractivity contribution in [3.05, 3.63) is 30.6 Å². The summed E-state index contributed by atoms with van der Waals surface area (Å²) in [7, 11) is -3.36. The molecule has 0 fully saturated rings. The van der Waals surface area contributed by atoms with Crippen LogP contribution < -0.4 is 15.4 Å². The molecule has 188 valence electrons. The van der Waals surface area contributed by atoms with Gasteiger partial charge >= 0.3 is 5.97 Å². The number of aromatic nitrogens is 3. The van der Waals surface area contributed by atoms with Crippen LogP contribution in [-0.4, -0.2) is 46.7 Å². The molecule has 0 spiro atoms. The fourth-order valence-electron chi connectivity index (χ4n) is 2.96. The van der Waals surface area contributed by atoms with Crippen molar-refractivity contribution in [2.24, 2.45) is 5.92 Å². The Labute approximate surface area is 202 Å². The highest BCUT2D eigenvalue weighted by Gasteiger charge is 2.26. The number of nitrogens with zero attached hydrogens (tertiary/aromatic N) is 3. The van der Waals surface area contributed by atoms with Gasteiger partial charge < -0.3 is 15.4 Å². The number of unbranched alkanes of at least 4 members (excludes halogenated alkanes) is 1. The topological polar surface area (TPSA) is 135 Å². The molecule has 0 aliphatic heterocycles. The van der Waals surface area contributed by atoms with Crippen LogP contribution in [0.3, 0.4) is 0 Å².